The maximum atomic E-state index is 5.43. The van der Waals surface area contributed by atoms with Crippen molar-refractivity contribution in [3.05, 3.63) is 150 Å². The maximum absolute atomic E-state index is 5.43. The molecule has 0 fully saturated rings. The van der Waals surface area contributed by atoms with Crippen LogP contribution in [0.4, 0.5) is 5.69 Å². The summed E-state index contributed by atoms with van der Waals surface area (Å²) in [6, 6.07) is 48.2. The molecule has 196 valence electrons. The molecular weight excluding hydrogens is 494 g/mol. The first-order valence-electron chi connectivity index (χ1n) is 14.2. The normalized spacial score (nSPS) is 11.9. The number of rotatable bonds is 4. The van der Waals surface area contributed by atoms with E-state index in [-0.39, 0.29) is 0 Å². The van der Waals surface area contributed by atoms with Gasteiger partial charge in [0.15, 0.2) is 0 Å². The Labute approximate surface area is 241 Å². The van der Waals surface area contributed by atoms with E-state index < -0.39 is 0 Å². The molecule has 0 aliphatic heterocycles. The minimum absolute atomic E-state index is 1.01. The van der Waals surface area contributed by atoms with Crippen LogP contribution < -0.4 is 0 Å². The molecule has 0 N–H and O–H groups in total. The Bertz CT molecular complexity index is 2110. The van der Waals surface area contributed by atoms with E-state index in [0.29, 0.717) is 0 Å². The monoisotopic (exact) mass is 525 g/mol. The molecule has 0 aliphatic carbocycles. The molecule has 0 unspecified atom stereocenters. The molecule has 0 aliphatic rings. The van der Waals surface area contributed by atoms with Crippen molar-refractivity contribution in [3.63, 3.8) is 0 Å². The number of hydrogen-bond donors (Lipinski definition) is 0. The SMILES string of the molecule is CC(=Nc1c(C)c(-c2ccc3ccccc3c2)c2ccccc2c1-c1ccc2ccccc2c1)c1ccc(C)cc1. The highest BCUT2D eigenvalue weighted by Crippen LogP contribution is 2.47. The smallest absolute Gasteiger partial charge is 0.0753 e. The molecule has 0 saturated heterocycles. The van der Waals surface area contributed by atoms with Gasteiger partial charge in [-0.25, -0.2) is 0 Å². The van der Waals surface area contributed by atoms with Gasteiger partial charge in [0.25, 0.3) is 0 Å². The number of hydrogen-bond acceptors (Lipinski definition) is 1. The van der Waals surface area contributed by atoms with Gasteiger partial charge in [0.2, 0.25) is 0 Å². The largest absolute Gasteiger partial charge is 0.252 e. The van der Waals surface area contributed by atoms with E-state index in [4.69, 9.17) is 4.99 Å². The van der Waals surface area contributed by atoms with Crippen LogP contribution in [-0.4, -0.2) is 5.71 Å². The molecule has 0 spiro atoms. The third-order valence-electron chi connectivity index (χ3n) is 8.26. The number of nitrogens with zero attached hydrogens (tertiary/aromatic N) is 1. The van der Waals surface area contributed by atoms with Crippen molar-refractivity contribution < 1.29 is 0 Å². The molecule has 0 heterocycles. The summed E-state index contributed by atoms with van der Waals surface area (Å²) in [6.45, 7) is 6.49. The van der Waals surface area contributed by atoms with Crippen LogP contribution in [0.15, 0.2) is 138 Å². The molecule has 7 aromatic carbocycles. The number of aryl methyl sites for hydroxylation is 1. The summed E-state index contributed by atoms with van der Waals surface area (Å²) >= 11 is 0. The van der Waals surface area contributed by atoms with Gasteiger partial charge in [-0.2, -0.15) is 0 Å². The molecule has 41 heavy (non-hydrogen) atoms. The molecule has 7 aromatic rings. The first-order chi connectivity index (χ1) is 20.1. The van der Waals surface area contributed by atoms with Crippen LogP contribution in [0.5, 0.6) is 0 Å². The van der Waals surface area contributed by atoms with Gasteiger partial charge in [0.05, 0.1) is 5.69 Å². The molecule has 0 atom stereocenters. The summed E-state index contributed by atoms with van der Waals surface area (Å²) in [5.41, 5.74) is 10.4. The zero-order valence-electron chi connectivity index (χ0n) is 23.6. The van der Waals surface area contributed by atoms with E-state index in [1.807, 2.05) is 0 Å². The highest BCUT2D eigenvalue weighted by atomic mass is 14.8. The predicted molar refractivity (Wildman–Crippen MR) is 178 cm³/mol. The molecule has 0 bridgehead atoms. The van der Waals surface area contributed by atoms with Crippen molar-refractivity contribution in [2.24, 2.45) is 4.99 Å². The van der Waals surface area contributed by atoms with Gasteiger partial charge in [0, 0.05) is 11.3 Å². The summed E-state index contributed by atoms with van der Waals surface area (Å²) in [6.07, 6.45) is 0. The molecule has 1 nitrogen and oxygen atoms in total. The predicted octanol–water partition coefficient (Wildman–Crippen LogP) is 11.2. The Hall–Kier alpha value is -5.01. The van der Waals surface area contributed by atoms with E-state index in [9.17, 15) is 0 Å². The minimum Gasteiger partial charge on any atom is -0.252 e. The Morgan fingerprint density at radius 2 is 0.976 bits per heavy atom. The second-order valence-electron chi connectivity index (χ2n) is 11.0. The minimum atomic E-state index is 1.01. The van der Waals surface area contributed by atoms with Crippen molar-refractivity contribution in [2.45, 2.75) is 20.8 Å². The fourth-order valence-electron chi connectivity index (χ4n) is 6.08. The zero-order chi connectivity index (χ0) is 27.9. The van der Waals surface area contributed by atoms with E-state index in [2.05, 4.69) is 154 Å². The fraction of sp³-hybridized carbons (Fsp3) is 0.0750. The summed E-state index contributed by atoms with van der Waals surface area (Å²) in [5.74, 6) is 0. The molecule has 1 heteroatoms. The summed E-state index contributed by atoms with van der Waals surface area (Å²) in [7, 11) is 0. The third-order valence-corrected chi connectivity index (χ3v) is 8.26. The second kappa shape index (κ2) is 10.2. The topological polar surface area (TPSA) is 12.4 Å². The van der Waals surface area contributed by atoms with Gasteiger partial charge in [-0.15, -0.1) is 0 Å². The van der Waals surface area contributed by atoms with Crippen molar-refractivity contribution >= 4 is 43.7 Å². The first kappa shape index (κ1) is 25.0. The molecular formula is C40H31N. The van der Waals surface area contributed by atoms with E-state index >= 15 is 0 Å². The van der Waals surface area contributed by atoms with Gasteiger partial charge in [-0.05, 0) is 93.0 Å². The highest BCUT2D eigenvalue weighted by Gasteiger charge is 2.20. The van der Waals surface area contributed by atoms with Crippen LogP contribution in [-0.2, 0) is 0 Å². The average molecular weight is 526 g/mol. The van der Waals surface area contributed by atoms with Crippen LogP contribution in [0.3, 0.4) is 0 Å². The van der Waals surface area contributed by atoms with Crippen LogP contribution in [0.25, 0.3) is 54.6 Å². The summed E-state index contributed by atoms with van der Waals surface area (Å²) < 4.78 is 0. The van der Waals surface area contributed by atoms with Crippen molar-refractivity contribution in [2.75, 3.05) is 0 Å². The van der Waals surface area contributed by atoms with Crippen molar-refractivity contribution in [1.29, 1.82) is 0 Å². The lowest BCUT2D eigenvalue weighted by Gasteiger charge is -2.20. The molecule has 0 amide bonds. The van der Waals surface area contributed by atoms with E-state index in [0.717, 1.165) is 17.0 Å². The number of aliphatic imine (C=N–C) groups is 1. The van der Waals surface area contributed by atoms with Gasteiger partial charge in [-0.3, -0.25) is 4.99 Å². The molecule has 0 aromatic heterocycles. The average Bonchev–Trinajstić information content (AvgIpc) is 3.01. The third kappa shape index (κ3) is 4.50. The van der Waals surface area contributed by atoms with E-state index in [1.54, 1.807) is 0 Å². The second-order valence-corrected chi connectivity index (χ2v) is 11.0. The Balaban J connectivity index is 1.57. The Morgan fingerprint density at radius 3 is 1.56 bits per heavy atom. The summed E-state index contributed by atoms with van der Waals surface area (Å²) in [4.78, 5) is 5.43. The van der Waals surface area contributed by atoms with Crippen molar-refractivity contribution in [3.8, 4) is 22.3 Å². The standard InChI is InChI=1S/C40H31N/c1-26-16-18-29(19-17-26)28(3)41-40-27(2)38(34-22-20-30-10-4-6-12-32(30)24-34)36-14-8-9-15-37(36)39(40)35-23-21-31-11-5-7-13-33(31)25-35/h4-25H,1-3H3. The Morgan fingerprint density at radius 1 is 0.488 bits per heavy atom. The zero-order valence-corrected chi connectivity index (χ0v) is 23.6. The Kier molecular flexibility index (Phi) is 6.21. The van der Waals surface area contributed by atoms with Gasteiger partial charge >= 0.3 is 0 Å². The van der Waals surface area contributed by atoms with Crippen LogP contribution in [0.2, 0.25) is 0 Å². The number of fused-ring (bicyclic) bond motifs is 3. The first-order valence-corrected chi connectivity index (χ1v) is 14.2. The lowest BCUT2D eigenvalue weighted by molar-refractivity contribution is 1.39. The molecule has 7 rings (SSSR count). The molecule has 0 saturated carbocycles. The van der Waals surface area contributed by atoms with Crippen molar-refractivity contribution in [1.82, 2.24) is 0 Å². The lowest BCUT2D eigenvalue weighted by atomic mass is 9.86. The molecule has 0 radical (unpaired) electrons. The maximum Gasteiger partial charge on any atom is 0.0753 e. The van der Waals surface area contributed by atoms with E-state index in [1.165, 1.54) is 65.7 Å². The van der Waals surface area contributed by atoms with Crippen LogP contribution in [0, 0.1) is 13.8 Å². The van der Waals surface area contributed by atoms with Gasteiger partial charge < -0.3 is 0 Å². The van der Waals surface area contributed by atoms with Crippen LogP contribution >= 0.6 is 0 Å². The highest BCUT2D eigenvalue weighted by molar-refractivity contribution is 6.14. The van der Waals surface area contributed by atoms with Crippen LogP contribution in [0.1, 0.15) is 23.6 Å². The summed E-state index contributed by atoms with van der Waals surface area (Å²) in [5, 5.41) is 7.43. The van der Waals surface area contributed by atoms with Gasteiger partial charge in [0.1, 0.15) is 0 Å². The fourth-order valence-corrected chi connectivity index (χ4v) is 6.08. The number of benzene rings is 7. The quantitative estimate of drug-likeness (QED) is 0.203. The van der Waals surface area contributed by atoms with Gasteiger partial charge in [-0.1, -0.05) is 127 Å². The lowest BCUT2D eigenvalue weighted by Crippen LogP contribution is -1.97.